The molecule has 44 heavy (non-hydrogen) atoms. The van der Waals surface area contributed by atoms with E-state index in [1.807, 2.05) is 34.7 Å². The summed E-state index contributed by atoms with van der Waals surface area (Å²) in [6, 6.07) is 6.57. The van der Waals surface area contributed by atoms with Crippen LogP contribution in [0.15, 0.2) is 36.4 Å². The molecular formula is C34H43IN2O7. The largest absolute Gasteiger partial charge is 0.449 e. The second-order valence-electron chi connectivity index (χ2n) is 13.7. The van der Waals surface area contributed by atoms with E-state index in [4.69, 9.17) is 9.47 Å². The number of carbonyl (C=O) groups is 5. The summed E-state index contributed by atoms with van der Waals surface area (Å²) in [5.74, 6) is -1.91. The number of alkyl halides is 1. The van der Waals surface area contributed by atoms with Crippen LogP contribution in [-0.2, 0) is 41.5 Å². The van der Waals surface area contributed by atoms with Gasteiger partial charge >= 0.3 is 12.1 Å². The molecule has 1 N–H and O–H groups in total. The van der Waals surface area contributed by atoms with Crippen LogP contribution in [0, 0.1) is 35.0 Å². The van der Waals surface area contributed by atoms with Crippen LogP contribution in [0.25, 0.3) is 0 Å². The third-order valence-corrected chi connectivity index (χ3v) is 10.3. The molecule has 1 saturated heterocycles. The number of Topliss-reactive ketones (excluding diaryl/α,β-unsaturated/α-hetero) is 1. The first kappa shape index (κ1) is 32.6. The van der Waals surface area contributed by atoms with Gasteiger partial charge in [-0.25, -0.2) is 9.59 Å². The van der Waals surface area contributed by atoms with E-state index in [0.29, 0.717) is 31.7 Å². The van der Waals surface area contributed by atoms with Gasteiger partial charge in [-0.2, -0.15) is 0 Å². The number of piperidine rings is 1. The number of hydrogen-bond acceptors (Lipinski definition) is 7. The zero-order valence-electron chi connectivity index (χ0n) is 25.9. The first-order chi connectivity index (χ1) is 20.9. The molecule has 5 atom stereocenters. The van der Waals surface area contributed by atoms with Crippen LogP contribution in [0.5, 0.6) is 0 Å². The molecule has 238 valence electrons. The molecule has 0 bridgehead atoms. The van der Waals surface area contributed by atoms with E-state index in [1.54, 1.807) is 24.8 Å². The highest BCUT2D eigenvalue weighted by Gasteiger charge is 2.69. The summed E-state index contributed by atoms with van der Waals surface area (Å²) in [4.78, 5) is 67.5. The summed E-state index contributed by atoms with van der Waals surface area (Å²) in [6.45, 7) is 8.21. The number of allylic oxidation sites excluding steroid dienone is 1. The van der Waals surface area contributed by atoms with Crippen LogP contribution in [0.1, 0.15) is 64.5 Å². The van der Waals surface area contributed by atoms with Gasteiger partial charge in [0.05, 0.1) is 12.1 Å². The molecule has 3 aliphatic carbocycles. The quantitative estimate of drug-likeness (QED) is 0.102. The fourth-order valence-electron chi connectivity index (χ4n) is 7.40. The van der Waals surface area contributed by atoms with Crippen molar-refractivity contribution in [3.63, 3.8) is 0 Å². The molecule has 3 fully saturated rings. The number of fused-ring (bicyclic) bond motifs is 2. The monoisotopic (exact) mass is 718 g/mol. The Morgan fingerprint density at radius 2 is 1.75 bits per heavy atom. The van der Waals surface area contributed by atoms with Gasteiger partial charge in [0.25, 0.3) is 0 Å². The minimum absolute atomic E-state index is 0.00941. The fraction of sp³-hybridized carbons (Fsp3) is 0.618. The maximum Gasteiger partial charge on any atom is 0.408 e. The first-order valence-electron chi connectivity index (χ1n) is 15.7. The Kier molecular flexibility index (Phi) is 9.87. The van der Waals surface area contributed by atoms with Gasteiger partial charge in [0.1, 0.15) is 10.7 Å². The number of halogens is 1. The lowest BCUT2D eigenvalue weighted by Gasteiger charge is -2.34. The van der Waals surface area contributed by atoms with Crippen molar-refractivity contribution in [2.75, 3.05) is 11.2 Å². The summed E-state index contributed by atoms with van der Waals surface area (Å²) < 4.78 is 10.4. The summed E-state index contributed by atoms with van der Waals surface area (Å²) in [5, 5.41) is 2.86. The third-order valence-electron chi connectivity index (χ3n) is 9.99. The third kappa shape index (κ3) is 7.05. The zero-order valence-corrected chi connectivity index (χ0v) is 28.1. The van der Waals surface area contributed by atoms with E-state index in [0.717, 1.165) is 24.0 Å². The Labute approximate surface area is 273 Å². The molecular weight excluding hydrogens is 675 g/mol. The number of esters is 1. The van der Waals surface area contributed by atoms with Crippen molar-refractivity contribution in [1.29, 1.82) is 0 Å². The van der Waals surface area contributed by atoms with Crippen molar-refractivity contribution in [2.45, 2.75) is 84.4 Å². The number of nitrogens with zero attached hydrogens (tertiary/aromatic N) is 1. The van der Waals surface area contributed by atoms with E-state index >= 15 is 0 Å². The van der Waals surface area contributed by atoms with Crippen LogP contribution in [0.3, 0.4) is 0 Å². The molecule has 9 nitrogen and oxygen atoms in total. The molecule has 1 aromatic carbocycles. The number of carbonyl (C=O) groups excluding carboxylic acids is 5. The van der Waals surface area contributed by atoms with Gasteiger partial charge in [0.15, 0.2) is 5.78 Å². The molecule has 4 aliphatic rings. The number of rotatable bonds is 13. The van der Waals surface area contributed by atoms with Gasteiger partial charge in [-0.3, -0.25) is 14.4 Å². The average molecular weight is 719 g/mol. The predicted molar refractivity (Wildman–Crippen MR) is 172 cm³/mol. The number of amides is 2. The van der Waals surface area contributed by atoms with Crippen LogP contribution in [0.4, 0.5) is 4.79 Å². The van der Waals surface area contributed by atoms with Crippen molar-refractivity contribution in [3.05, 3.63) is 47.5 Å². The average Bonchev–Trinajstić information content (AvgIpc) is 3.72. The standard InChI is InChI=1S/C34H43IN2O7/c1-19(2)44-33(42)36-28(24-15-21-8-5-6-9-22(21)16-24)31(40)37-17-25-27(34(25,3)4)29(37)26(38)11-7-10-23(14-20-12-13-20)30(39)32(41)43-18-35/h5-9,11,19-20,23-25,27-29H,10,12-18H2,1-4H3,(H,36,42)/b11-7+/t23?,25?,27-,28-,29+/m0/s1. The normalized spacial score (nSPS) is 24.9. The van der Waals surface area contributed by atoms with E-state index in [9.17, 15) is 24.0 Å². The Hall–Kier alpha value is -2.76. The maximum atomic E-state index is 14.3. The summed E-state index contributed by atoms with van der Waals surface area (Å²) in [5.41, 5.74) is 2.24. The molecule has 2 amide bonds. The Morgan fingerprint density at radius 1 is 1.09 bits per heavy atom. The molecule has 10 heteroatoms. The Bertz CT molecular complexity index is 1310. The number of benzene rings is 1. The van der Waals surface area contributed by atoms with Crippen molar-refractivity contribution < 1.29 is 33.4 Å². The number of likely N-dealkylation sites (tertiary alicyclic amines) is 1. The van der Waals surface area contributed by atoms with Gasteiger partial charge in [-0.05, 0) is 108 Å². The van der Waals surface area contributed by atoms with Crippen LogP contribution < -0.4 is 5.32 Å². The molecule has 0 radical (unpaired) electrons. The van der Waals surface area contributed by atoms with Gasteiger partial charge < -0.3 is 19.7 Å². The SMILES string of the molecule is CC(C)OC(=O)N[C@H](C(=O)N1CC2[C@@H]([C@H]1C(=O)/C=C/CC(CC1CC1)C(=O)C(=O)OCI)C2(C)C)C1Cc2ccccc2C1. The van der Waals surface area contributed by atoms with Gasteiger partial charge in [0, 0.05) is 12.5 Å². The van der Waals surface area contributed by atoms with Gasteiger partial charge in [-0.1, -0.05) is 57.0 Å². The minimum atomic E-state index is -0.835. The van der Waals surface area contributed by atoms with Gasteiger partial charge in [0.2, 0.25) is 11.7 Å². The molecule has 1 aliphatic heterocycles. The van der Waals surface area contributed by atoms with E-state index in [-0.39, 0.29) is 52.0 Å². The van der Waals surface area contributed by atoms with Crippen molar-refractivity contribution in [3.8, 4) is 0 Å². The number of alkyl carbamates (subject to hydrolysis) is 1. The van der Waals surface area contributed by atoms with Crippen molar-refractivity contribution in [1.82, 2.24) is 10.2 Å². The van der Waals surface area contributed by atoms with Crippen LogP contribution in [-0.4, -0.2) is 63.8 Å². The molecule has 0 spiro atoms. The van der Waals surface area contributed by atoms with Crippen molar-refractivity contribution >= 4 is 52.1 Å². The first-order valence-corrected chi connectivity index (χ1v) is 17.3. The topological polar surface area (TPSA) is 119 Å². The summed E-state index contributed by atoms with van der Waals surface area (Å²) >= 11 is 1.88. The Morgan fingerprint density at radius 3 is 2.34 bits per heavy atom. The number of nitrogens with one attached hydrogen (secondary N) is 1. The summed E-state index contributed by atoms with van der Waals surface area (Å²) in [6.07, 6.45) is 6.42. The van der Waals surface area contributed by atoms with E-state index in [1.165, 1.54) is 6.08 Å². The number of ether oxygens (including phenoxy) is 2. The number of ketones is 2. The van der Waals surface area contributed by atoms with E-state index in [2.05, 4.69) is 31.3 Å². The van der Waals surface area contributed by atoms with Crippen LogP contribution in [0.2, 0.25) is 0 Å². The molecule has 0 aromatic heterocycles. The number of hydrogen-bond donors (Lipinski definition) is 1. The highest BCUT2D eigenvalue weighted by atomic mass is 127. The molecule has 1 aromatic rings. The highest BCUT2D eigenvalue weighted by Crippen LogP contribution is 2.65. The summed E-state index contributed by atoms with van der Waals surface area (Å²) in [7, 11) is 0. The second-order valence-corrected chi connectivity index (χ2v) is 14.3. The van der Waals surface area contributed by atoms with Gasteiger partial charge in [-0.15, -0.1) is 0 Å². The van der Waals surface area contributed by atoms with E-state index < -0.39 is 35.8 Å². The minimum Gasteiger partial charge on any atom is -0.449 e. The lowest BCUT2D eigenvalue weighted by Crippen LogP contribution is -2.56. The maximum absolute atomic E-state index is 14.3. The lowest BCUT2D eigenvalue weighted by atomic mass is 9.91. The molecule has 5 rings (SSSR count). The second kappa shape index (κ2) is 13.3. The molecule has 2 saturated carbocycles. The highest BCUT2D eigenvalue weighted by molar-refractivity contribution is 14.1. The molecule has 1 heterocycles. The Balaban J connectivity index is 1.33. The lowest BCUT2D eigenvalue weighted by molar-refractivity contribution is -0.154. The fourth-order valence-corrected chi connectivity index (χ4v) is 7.69. The smallest absolute Gasteiger partial charge is 0.408 e. The molecule has 2 unspecified atom stereocenters. The van der Waals surface area contributed by atoms with Crippen molar-refractivity contribution in [2.24, 2.45) is 35.0 Å². The van der Waals surface area contributed by atoms with Crippen LogP contribution >= 0.6 is 22.6 Å². The zero-order chi connectivity index (χ0) is 31.8. The predicted octanol–water partition coefficient (Wildman–Crippen LogP) is 4.82.